The number of benzene rings is 1. The van der Waals surface area contributed by atoms with Crippen molar-refractivity contribution in [3.63, 3.8) is 0 Å². The minimum atomic E-state index is -4.49. The van der Waals surface area contributed by atoms with Crippen LogP contribution in [0.1, 0.15) is 6.92 Å². The zero-order chi connectivity index (χ0) is 17.7. The van der Waals surface area contributed by atoms with E-state index < -0.39 is 39.0 Å². The Morgan fingerprint density at radius 3 is 2.52 bits per heavy atom. The van der Waals surface area contributed by atoms with Crippen LogP contribution in [0.15, 0.2) is 18.2 Å². The lowest BCUT2D eigenvalue weighted by atomic mass is 10.2. The third-order valence-electron chi connectivity index (χ3n) is 2.50. The zero-order valence-corrected chi connectivity index (χ0v) is 13.9. The molecule has 0 heterocycles. The molecule has 0 radical (unpaired) electrons. The van der Waals surface area contributed by atoms with Crippen LogP contribution < -0.4 is 14.8 Å². The van der Waals surface area contributed by atoms with Gasteiger partial charge >= 0.3 is 5.51 Å². The zero-order valence-electron chi connectivity index (χ0n) is 12.2. The highest BCUT2D eigenvalue weighted by Crippen LogP contribution is 2.31. The summed E-state index contributed by atoms with van der Waals surface area (Å²) in [6.07, 6.45) is 0. The monoisotopic (exact) mass is 372 g/mol. The van der Waals surface area contributed by atoms with Crippen molar-refractivity contribution in [3.05, 3.63) is 18.2 Å². The number of carbonyl (C=O) groups is 1. The van der Waals surface area contributed by atoms with Crippen LogP contribution in [0.2, 0.25) is 0 Å². The largest absolute Gasteiger partial charge is 0.494 e. The second-order valence-electron chi connectivity index (χ2n) is 4.20. The number of halogens is 3. The van der Waals surface area contributed by atoms with Gasteiger partial charge in [0.05, 0.1) is 24.3 Å². The van der Waals surface area contributed by atoms with Crippen molar-refractivity contribution in [1.82, 2.24) is 0 Å². The van der Waals surface area contributed by atoms with Crippen LogP contribution in [-0.4, -0.2) is 38.4 Å². The normalized spacial score (nSPS) is 11.9. The highest BCUT2D eigenvalue weighted by atomic mass is 32.2. The number of carbonyl (C=O) groups excluding carboxylic acids is 1. The lowest BCUT2D eigenvalue weighted by molar-refractivity contribution is -0.114. The molecule has 1 aromatic rings. The standard InChI is InChI=1S/C12H15F3N2O4S2/c1-3-23(19,20)17-9-5-4-8(6-10(9)21-2)16-11(18)7-22-12(13,14)15/h4-6,17H,3,7H2,1-2H3,(H,16,18). The van der Waals surface area contributed by atoms with Gasteiger partial charge in [0.1, 0.15) is 5.75 Å². The van der Waals surface area contributed by atoms with Gasteiger partial charge in [-0.25, -0.2) is 8.42 Å². The van der Waals surface area contributed by atoms with Gasteiger partial charge in [-0.15, -0.1) is 0 Å². The Bertz CT molecular complexity index is 663. The summed E-state index contributed by atoms with van der Waals surface area (Å²) in [7, 11) is -2.22. The highest BCUT2D eigenvalue weighted by molar-refractivity contribution is 8.00. The number of hydrogen-bond donors (Lipinski definition) is 2. The molecule has 0 saturated carbocycles. The molecular formula is C12H15F3N2O4S2. The molecule has 1 aromatic carbocycles. The molecule has 2 N–H and O–H groups in total. The Labute approximate surface area is 135 Å². The first-order valence-electron chi connectivity index (χ1n) is 6.25. The summed E-state index contributed by atoms with van der Waals surface area (Å²) in [5, 5.41) is 2.28. The van der Waals surface area contributed by atoms with Gasteiger partial charge in [-0.2, -0.15) is 13.2 Å². The number of sulfonamides is 1. The fourth-order valence-corrected chi connectivity index (χ4v) is 2.45. The van der Waals surface area contributed by atoms with E-state index in [4.69, 9.17) is 4.74 Å². The number of amides is 1. The van der Waals surface area contributed by atoms with Crippen molar-refractivity contribution < 1.29 is 31.1 Å². The SMILES string of the molecule is CCS(=O)(=O)Nc1ccc(NC(=O)CSC(F)(F)F)cc1OC. The second kappa shape index (κ2) is 7.77. The summed E-state index contributed by atoms with van der Waals surface area (Å²) in [5.74, 6) is -1.63. The Hall–Kier alpha value is -1.62. The predicted octanol–water partition coefficient (Wildman–Crippen LogP) is 2.65. The lowest BCUT2D eigenvalue weighted by Crippen LogP contribution is -2.18. The molecule has 1 amide bonds. The number of thioether (sulfide) groups is 1. The van der Waals surface area contributed by atoms with Crippen molar-refractivity contribution in [1.29, 1.82) is 0 Å². The van der Waals surface area contributed by atoms with E-state index in [2.05, 4.69) is 10.0 Å². The van der Waals surface area contributed by atoms with Crippen LogP contribution in [0, 0.1) is 0 Å². The maximum absolute atomic E-state index is 12.0. The van der Waals surface area contributed by atoms with E-state index in [0.717, 1.165) is 0 Å². The summed E-state index contributed by atoms with van der Waals surface area (Å²) in [5.41, 5.74) is -4.14. The molecule has 23 heavy (non-hydrogen) atoms. The van der Waals surface area contributed by atoms with Gasteiger partial charge in [0.25, 0.3) is 0 Å². The summed E-state index contributed by atoms with van der Waals surface area (Å²) >= 11 is -0.450. The van der Waals surface area contributed by atoms with Crippen LogP contribution >= 0.6 is 11.8 Å². The fourth-order valence-electron chi connectivity index (χ4n) is 1.44. The van der Waals surface area contributed by atoms with Crippen LogP contribution in [0.3, 0.4) is 0 Å². The van der Waals surface area contributed by atoms with Gasteiger partial charge < -0.3 is 10.1 Å². The molecule has 6 nitrogen and oxygen atoms in total. The van der Waals surface area contributed by atoms with Crippen molar-refractivity contribution in [2.24, 2.45) is 0 Å². The Balaban J connectivity index is 2.81. The molecule has 0 aliphatic carbocycles. The lowest BCUT2D eigenvalue weighted by Gasteiger charge is -2.13. The van der Waals surface area contributed by atoms with E-state index in [1.165, 1.54) is 32.2 Å². The fraction of sp³-hybridized carbons (Fsp3) is 0.417. The minimum Gasteiger partial charge on any atom is -0.494 e. The highest BCUT2D eigenvalue weighted by Gasteiger charge is 2.29. The third-order valence-corrected chi connectivity index (χ3v) is 4.52. The van der Waals surface area contributed by atoms with E-state index in [1.807, 2.05) is 0 Å². The first kappa shape index (κ1) is 19.4. The minimum absolute atomic E-state index is 0.128. The number of anilines is 2. The van der Waals surface area contributed by atoms with Gasteiger partial charge in [0.2, 0.25) is 15.9 Å². The Morgan fingerprint density at radius 1 is 1.35 bits per heavy atom. The first-order valence-corrected chi connectivity index (χ1v) is 8.89. The van der Waals surface area contributed by atoms with Gasteiger partial charge in [-0.1, -0.05) is 0 Å². The summed E-state index contributed by atoms with van der Waals surface area (Å²) < 4.78 is 66.4. The Kier molecular flexibility index (Phi) is 6.57. The van der Waals surface area contributed by atoms with E-state index in [0.29, 0.717) is 0 Å². The topological polar surface area (TPSA) is 84.5 Å². The number of hydrogen-bond acceptors (Lipinski definition) is 5. The molecule has 0 aromatic heterocycles. The van der Waals surface area contributed by atoms with Gasteiger partial charge in [-0.3, -0.25) is 9.52 Å². The summed E-state index contributed by atoms with van der Waals surface area (Å²) in [6, 6.07) is 4.01. The van der Waals surface area contributed by atoms with Crippen molar-refractivity contribution >= 4 is 39.1 Å². The van der Waals surface area contributed by atoms with Crippen molar-refractivity contribution in [3.8, 4) is 5.75 Å². The molecule has 0 atom stereocenters. The van der Waals surface area contributed by atoms with E-state index in [9.17, 15) is 26.4 Å². The van der Waals surface area contributed by atoms with Crippen molar-refractivity contribution in [2.45, 2.75) is 12.4 Å². The number of nitrogens with one attached hydrogen (secondary N) is 2. The number of methoxy groups -OCH3 is 1. The van der Waals surface area contributed by atoms with Crippen LogP contribution in [0.4, 0.5) is 24.5 Å². The van der Waals surface area contributed by atoms with E-state index >= 15 is 0 Å². The van der Waals surface area contributed by atoms with Crippen molar-refractivity contribution in [2.75, 3.05) is 28.7 Å². The predicted molar refractivity (Wildman–Crippen MR) is 83.2 cm³/mol. The molecular weight excluding hydrogens is 357 g/mol. The molecule has 0 aliphatic heterocycles. The van der Waals surface area contributed by atoms with Crippen LogP contribution in [0.25, 0.3) is 0 Å². The molecule has 0 aliphatic rings. The number of alkyl halides is 3. The summed E-state index contributed by atoms with van der Waals surface area (Å²) in [6.45, 7) is 1.46. The average molecular weight is 372 g/mol. The molecule has 130 valence electrons. The third kappa shape index (κ3) is 6.99. The maximum Gasteiger partial charge on any atom is 0.442 e. The molecule has 0 bridgehead atoms. The molecule has 0 spiro atoms. The Morgan fingerprint density at radius 2 is 2.00 bits per heavy atom. The molecule has 0 fully saturated rings. The second-order valence-corrected chi connectivity index (χ2v) is 7.25. The summed E-state index contributed by atoms with van der Waals surface area (Å²) in [4.78, 5) is 11.4. The van der Waals surface area contributed by atoms with Crippen LogP contribution in [-0.2, 0) is 14.8 Å². The van der Waals surface area contributed by atoms with Gasteiger partial charge in [-0.05, 0) is 30.8 Å². The van der Waals surface area contributed by atoms with Crippen LogP contribution in [0.5, 0.6) is 5.75 Å². The first-order chi connectivity index (χ1) is 10.6. The molecule has 0 unspecified atom stereocenters. The number of ether oxygens (including phenoxy) is 1. The smallest absolute Gasteiger partial charge is 0.442 e. The van der Waals surface area contributed by atoms with E-state index in [-0.39, 0.29) is 22.9 Å². The maximum atomic E-state index is 12.0. The molecule has 11 heteroatoms. The molecule has 0 saturated heterocycles. The van der Waals surface area contributed by atoms with Gasteiger partial charge in [0, 0.05) is 11.8 Å². The molecule has 1 rings (SSSR count). The number of rotatable bonds is 7. The van der Waals surface area contributed by atoms with Gasteiger partial charge in [0.15, 0.2) is 0 Å². The quantitative estimate of drug-likeness (QED) is 0.769. The van der Waals surface area contributed by atoms with E-state index in [1.54, 1.807) is 0 Å². The average Bonchev–Trinajstić information content (AvgIpc) is 2.46.